The number of aromatic nitrogens is 2. The number of imide groups is 1. The highest BCUT2D eigenvalue weighted by molar-refractivity contribution is 6.02. The van der Waals surface area contributed by atoms with Crippen molar-refractivity contribution in [3.8, 4) is 0 Å². The van der Waals surface area contributed by atoms with Gasteiger partial charge in [-0.3, -0.25) is 19.6 Å². The summed E-state index contributed by atoms with van der Waals surface area (Å²) in [5.74, 6) is -0.382. The van der Waals surface area contributed by atoms with Crippen molar-refractivity contribution in [2.75, 3.05) is 31.1 Å². The van der Waals surface area contributed by atoms with Crippen LogP contribution in [0.1, 0.15) is 84.3 Å². The fourth-order valence-corrected chi connectivity index (χ4v) is 7.54. The van der Waals surface area contributed by atoms with Crippen molar-refractivity contribution in [3.63, 3.8) is 0 Å². The third-order valence-corrected chi connectivity index (χ3v) is 9.66. The zero-order valence-corrected chi connectivity index (χ0v) is 25.6. The fourth-order valence-electron chi connectivity index (χ4n) is 7.54. The smallest absolute Gasteiger partial charge is 0.410 e. The molecule has 3 aliphatic heterocycles. The van der Waals surface area contributed by atoms with Gasteiger partial charge >= 0.3 is 6.09 Å². The van der Waals surface area contributed by atoms with Crippen LogP contribution in [0.4, 0.5) is 10.5 Å². The van der Waals surface area contributed by atoms with Crippen LogP contribution in [0.2, 0.25) is 0 Å². The number of rotatable bonds is 4. The predicted molar refractivity (Wildman–Crippen MR) is 159 cm³/mol. The van der Waals surface area contributed by atoms with Gasteiger partial charge in [0.15, 0.2) is 0 Å². The number of piperidine rings is 2. The van der Waals surface area contributed by atoms with E-state index in [1.807, 2.05) is 37.4 Å². The van der Waals surface area contributed by atoms with Gasteiger partial charge in [-0.15, -0.1) is 0 Å². The van der Waals surface area contributed by atoms with Gasteiger partial charge in [0.05, 0.1) is 29.3 Å². The number of aryl methyl sites for hydroxylation is 1. The molecule has 1 aromatic heterocycles. The maximum Gasteiger partial charge on any atom is 0.410 e. The number of benzene rings is 1. The molecule has 1 spiro atoms. The summed E-state index contributed by atoms with van der Waals surface area (Å²) in [5.41, 5.74) is 2.67. The summed E-state index contributed by atoms with van der Waals surface area (Å²) in [6.07, 6.45) is 6.43. The predicted octanol–water partition coefficient (Wildman–Crippen LogP) is 4.50. The maximum absolute atomic E-state index is 12.5. The Kier molecular flexibility index (Phi) is 7.48. The minimum atomic E-state index is -0.458. The number of nitrogens with one attached hydrogen (secondary N) is 1. The van der Waals surface area contributed by atoms with Crippen molar-refractivity contribution in [2.24, 2.45) is 18.4 Å². The Balaban J connectivity index is 1.01. The minimum absolute atomic E-state index is 0.191. The monoisotopic (exact) mass is 579 g/mol. The number of hydrogen-bond acceptors (Lipinski definition) is 7. The van der Waals surface area contributed by atoms with Gasteiger partial charge in [0.1, 0.15) is 5.60 Å². The van der Waals surface area contributed by atoms with E-state index in [4.69, 9.17) is 9.47 Å². The number of ether oxygens (including phenoxy) is 2. The molecule has 3 atom stereocenters. The summed E-state index contributed by atoms with van der Waals surface area (Å²) in [5, 5.41) is 8.11. The summed E-state index contributed by atoms with van der Waals surface area (Å²) in [6, 6.07) is 6.37. The van der Waals surface area contributed by atoms with Crippen LogP contribution in [0.5, 0.6) is 0 Å². The first-order valence-electron chi connectivity index (χ1n) is 15.6. The van der Waals surface area contributed by atoms with Crippen molar-refractivity contribution in [2.45, 2.75) is 96.4 Å². The molecule has 1 N–H and O–H groups in total. The van der Waals surface area contributed by atoms with E-state index < -0.39 is 11.5 Å². The number of likely N-dealkylation sites (tertiary alicyclic amines) is 1. The van der Waals surface area contributed by atoms with Gasteiger partial charge in [0, 0.05) is 56.1 Å². The molecule has 42 heavy (non-hydrogen) atoms. The van der Waals surface area contributed by atoms with Gasteiger partial charge in [-0.25, -0.2) is 4.79 Å². The number of anilines is 1. The van der Waals surface area contributed by atoms with Gasteiger partial charge in [0.2, 0.25) is 11.8 Å². The van der Waals surface area contributed by atoms with Crippen LogP contribution in [0, 0.1) is 11.3 Å². The van der Waals surface area contributed by atoms with Crippen LogP contribution >= 0.6 is 0 Å². The van der Waals surface area contributed by atoms with E-state index >= 15 is 0 Å². The number of carbonyl (C=O) groups is 3. The molecule has 228 valence electrons. The molecule has 3 saturated heterocycles. The Morgan fingerprint density at radius 3 is 2.50 bits per heavy atom. The number of carbonyl (C=O) groups excluding carboxylic acids is 3. The first-order chi connectivity index (χ1) is 19.9. The normalized spacial score (nSPS) is 26.8. The highest BCUT2D eigenvalue weighted by Crippen LogP contribution is 2.47. The van der Waals surface area contributed by atoms with Crippen molar-refractivity contribution >= 4 is 34.5 Å². The zero-order valence-electron chi connectivity index (χ0n) is 25.6. The molecule has 1 unspecified atom stereocenters. The lowest BCUT2D eigenvalue weighted by Gasteiger charge is -2.55. The largest absolute Gasteiger partial charge is 0.444 e. The standard InChI is InChI=1S/C32H45N5O5/c1-20-17-32(18-37(19-32)30(40)42-31(2,3)4)13-10-26(20)41-22-11-14-36(15-12-22)21-6-7-23-25(16-21)35(5)34-28(23)24-8-9-27(38)33-29(24)39/h6-7,16,20,22,24,26H,8-15,17-19H2,1-5H3,(H,33,38,39)/t20-,24?,26+/m0/s1. The zero-order chi connectivity index (χ0) is 29.8. The summed E-state index contributed by atoms with van der Waals surface area (Å²) >= 11 is 0. The summed E-state index contributed by atoms with van der Waals surface area (Å²) in [6.45, 7) is 11.5. The molecular weight excluding hydrogens is 534 g/mol. The van der Waals surface area contributed by atoms with E-state index in [1.54, 1.807) is 0 Å². The van der Waals surface area contributed by atoms with Crippen LogP contribution in [0.3, 0.4) is 0 Å². The summed E-state index contributed by atoms with van der Waals surface area (Å²) < 4.78 is 14.1. The first kappa shape index (κ1) is 29.0. The second-order valence-corrected chi connectivity index (χ2v) is 14.1. The quantitative estimate of drug-likeness (QED) is 0.532. The molecule has 3 amide bonds. The van der Waals surface area contributed by atoms with Crippen LogP contribution < -0.4 is 10.2 Å². The molecule has 4 heterocycles. The number of amides is 3. The van der Waals surface area contributed by atoms with E-state index in [2.05, 4.69) is 40.4 Å². The molecule has 1 saturated carbocycles. The minimum Gasteiger partial charge on any atom is -0.444 e. The molecule has 4 aliphatic rings. The third kappa shape index (κ3) is 5.74. The average Bonchev–Trinajstić information content (AvgIpc) is 3.23. The molecule has 0 bridgehead atoms. The number of hydrogen-bond donors (Lipinski definition) is 1. The van der Waals surface area contributed by atoms with E-state index in [1.165, 1.54) is 0 Å². The summed E-state index contributed by atoms with van der Waals surface area (Å²) in [4.78, 5) is 40.8. The molecule has 6 rings (SSSR count). The Bertz CT molecular complexity index is 1370. The Hall–Kier alpha value is -3.14. The number of nitrogens with zero attached hydrogens (tertiary/aromatic N) is 4. The molecule has 1 aliphatic carbocycles. The molecule has 2 aromatic rings. The van der Waals surface area contributed by atoms with Crippen molar-refractivity contribution < 1.29 is 23.9 Å². The second kappa shape index (κ2) is 10.8. The van der Waals surface area contributed by atoms with Gasteiger partial charge in [-0.1, -0.05) is 6.92 Å². The second-order valence-electron chi connectivity index (χ2n) is 14.1. The Labute approximate surface area is 248 Å². The lowest BCUT2D eigenvalue weighted by atomic mass is 9.64. The van der Waals surface area contributed by atoms with E-state index in [0.29, 0.717) is 18.8 Å². The first-order valence-corrected chi connectivity index (χ1v) is 15.6. The van der Waals surface area contributed by atoms with Crippen LogP contribution in [0.15, 0.2) is 18.2 Å². The fraction of sp³-hybridized carbons (Fsp3) is 0.688. The van der Waals surface area contributed by atoms with Crippen molar-refractivity contribution in [1.29, 1.82) is 0 Å². The van der Waals surface area contributed by atoms with Crippen LogP contribution in [-0.2, 0) is 26.1 Å². The van der Waals surface area contributed by atoms with E-state index in [-0.39, 0.29) is 35.5 Å². The maximum atomic E-state index is 12.5. The molecule has 4 fully saturated rings. The lowest BCUT2D eigenvalue weighted by Crippen LogP contribution is -2.61. The molecule has 0 radical (unpaired) electrons. The molecular formula is C32H45N5O5. The molecule has 1 aromatic carbocycles. The topological polar surface area (TPSA) is 106 Å². The van der Waals surface area contributed by atoms with Crippen LogP contribution in [-0.4, -0.2) is 76.6 Å². The number of fused-ring (bicyclic) bond motifs is 1. The van der Waals surface area contributed by atoms with Crippen molar-refractivity contribution in [3.05, 3.63) is 23.9 Å². The SMILES string of the molecule is C[C@H]1CC2(CC[C@H]1OC1CCN(c3ccc4c(C5CCC(=O)NC5=O)nn(C)c4c3)CC1)CN(C(=O)OC(C)(C)C)C2. The van der Waals surface area contributed by atoms with Crippen molar-refractivity contribution in [1.82, 2.24) is 20.0 Å². The molecule has 10 nitrogen and oxygen atoms in total. The van der Waals surface area contributed by atoms with Gasteiger partial charge in [-0.2, -0.15) is 5.10 Å². The van der Waals surface area contributed by atoms with Crippen LogP contribution in [0.25, 0.3) is 10.9 Å². The Morgan fingerprint density at radius 2 is 1.83 bits per heavy atom. The van der Waals surface area contributed by atoms with Gasteiger partial charge in [-0.05, 0) is 83.4 Å². The lowest BCUT2D eigenvalue weighted by molar-refractivity contribution is -0.134. The van der Waals surface area contributed by atoms with E-state index in [0.717, 1.165) is 80.6 Å². The van der Waals surface area contributed by atoms with Gasteiger partial charge in [0.25, 0.3) is 0 Å². The Morgan fingerprint density at radius 1 is 1.10 bits per heavy atom. The van der Waals surface area contributed by atoms with E-state index in [9.17, 15) is 14.4 Å². The average molecular weight is 580 g/mol. The highest BCUT2D eigenvalue weighted by atomic mass is 16.6. The highest BCUT2D eigenvalue weighted by Gasteiger charge is 2.50. The third-order valence-electron chi connectivity index (χ3n) is 9.66. The van der Waals surface area contributed by atoms with Gasteiger partial charge < -0.3 is 19.3 Å². The summed E-state index contributed by atoms with van der Waals surface area (Å²) in [7, 11) is 1.91. The molecule has 10 heteroatoms.